The standard InChI is InChI=1S/C19H33N5O2/c1-16-20-7-12-23(16)13-18-3-2-8-24(14-18)19(26)21-6-11-22-9-4-17(15-25)5-10-22/h7,12,17-18,25H,2-6,8-11,13-15H2,1H3,(H,21,26). The summed E-state index contributed by atoms with van der Waals surface area (Å²) in [5, 5.41) is 12.3. The quantitative estimate of drug-likeness (QED) is 0.799. The molecule has 0 spiro atoms. The van der Waals surface area contributed by atoms with Crippen molar-refractivity contribution < 1.29 is 9.90 Å². The Morgan fingerprint density at radius 1 is 1.27 bits per heavy atom. The molecule has 2 aliphatic rings. The molecule has 7 heteroatoms. The Bertz CT molecular complexity index is 568. The van der Waals surface area contributed by atoms with Gasteiger partial charge >= 0.3 is 6.03 Å². The van der Waals surface area contributed by atoms with Crippen LogP contribution < -0.4 is 5.32 Å². The van der Waals surface area contributed by atoms with Gasteiger partial charge in [0.2, 0.25) is 0 Å². The lowest BCUT2D eigenvalue weighted by atomic mass is 9.98. The predicted octanol–water partition coefficient (Wildman–Crippen LogP) is 1.32. The number of hydrogen-bond donors (Lipinski definition) is 2. The van der Waals surface area contributed by atoms with Crippen LogP contribution in [0.1, 0.15) is 31.5 Å². The third-order valence-corrected chi connectivity index (χ3v) is 5.85. The van der Waals surface area contributed by atoms with Crippen molar-refractivity contribution in [3.63, 3.8) is 0 Å². The first-order chi connectivity index (χ1) is 12.7. The highest BCUT2D eigenvalue weighted by Gasteiger charge is 2.24. The SMILES string of the molecule is Cc1nccn1CC1CCCN(C(=O)NCCN2CCC(CO)CC2)C1. The fourth-order valence-corrected chi connectivity index (χ4v) is 4.10. The largest absolute Gasteiger partial charge is 0.396 e. The van der Waals surface area contributed by atoms with Gasteiger partial charge in [0.15, 0.2) is 0 Å². The van der Waals surface area contributed by atoms with E-state index < -0.39 is 0 Å². The van der Waals surface area contributed by atoms with Crippen LogP contribution in [0.3, 0.4) is 0 Å². The molecular weight excluding hydrogens is 330 g/mol. The molecule has 3 heterocycles. The number of urea groups is 1. The molecular formula is C19H33N5O2. The Morgan fingerprint density at radius 2 is 2.08 bits per heavy atom. The molecule has 7 nitrogen and oxygen atoms in total. The Balaban J connectivity index is 1.37. The third kappa shape index (κ3) is 5.20. The second-order valence-corrected chi connectivity index (χ2v) is 7.78. The minimum Gasteiger partial charge on any atom is -0.396 e. The van der Waals surface area contributed by atoms with Gasteiger partial charge in [0.1, 0.15) is 5.82 Å². The molecule has 0 aliphatic carbocycles. The molecule has 0 bridgehead atoms. The van der Waals surface area contributed by atoms with Gasteiger partial charge in [0.05, 0.1) is 0 Å². The normalized spacial score (nSPS) is 22.5. The lowest BCUT2D eigenvalue weighted by Crippen LogP contribution is -2.48. The van der Waals surface area contributed by atoms with Crippen LogP contribution in [0.25, 0.3) is 0 Å². The van der Waals surface area contributed by atoms with Crippen molar-refractivity contribution in [3.05, 3.63) is 18.2 Å². The van der Waals surface area contributed by atoms with Crippen molar-refractivity contribution in [1.82, 2.24) is 24.7 Å². The van der Waals surface area contributed by atoms with Gasteiger partial charge in [0, 0.05) is 51.7 Å². The Labute approximate surface area is 156 Å². The number of nitrogens with one attached hydrogen (secondary N) is 1. The molecule has 0 aromatic carbocycles. The summed E-state index contributed by atoms with van der Waals surface area (Å²) in [6, 6.07) is 0.0716. The number of aromatic nitrogens is 2. The summed E-state index contributed by atoms with van der Waals surface area (Å²) < 4.78 is 2.18. The van der Waals surface area contributed by atoms with E-state index >= 15 is 0 Å². The first-order valence-electron chi connectivity index (χ1n) is 9.99. The number of likely N-dealkylation sites (tertiary alicyclic amines) is 2. The van der Waals surface area contributed by atoms with E-state index in [4.69, 9.17) is 0 Å². The minimum absolute atomic E-state index is 0.0716. The molecule has 1 unspecified atom stereocenters. The van der Waals surface area contributed by atoms with Gasteiger partial charge in [-0.3, -0.25) is 0 Å². The molecule has 0 saturated carbocycles. The highest BCUT2D eigenvalue weighted by atomic mass is 16.3. The van der Waals surface area contributed by atoms with E-state index in [0.29, 0.717) is 25.0 Å². The van der Waals surface area contributed by atoms with E-state index in [1.807, 2.05) is 24.2 Å². The van der Waals surface area contributed by atoms with Crippen LogP contribution in [0, 0.1) is 18.8 Å². The van der Waals surface area contributed by atoms with Crippen LogP contribution in [0.5, 0.6) is 0 Å². The number of amides is 2. The molecule has 1 atom stereocenters. The fourth-order valence-electron chi connectivity index (χ4n) is 4.10. The molecule has 26 heavy (non-hydrogen) atoms. The van der Waals surface area contributed by atoms with Gasteiger partial charge < -0.3 is 24.8 Å². The van der Waals surface area contributed by atoms with E-state index in [0.717, 1.165) is 64.4 Å². The number of nitrogens with zero attached hydrogens (tertiary/aromatic N) is 4. The molecule has 2 fully saturated rings. The van der Waals surface area contributed by atoms with E-state index in [-0.39, 0.29) is 6.03 Å². The number of aliphatic hydroxyl groups excluding tert-OH is 1. The van der Waals surface area contributed by atoms with Crippen molar-refractivity contribution in [3.8, 4) is 0 Å². The number of carbonyl (C=O) groups excluding carboxylic acids is 1. The maximum atomic E-state index is 12.5. The number of carbonyl (C=O) groups is 1. The second-order valence-electron chi connectivity index (χ2n) is 7.78. The van der Waals surface area contributed by atoms with Crippen molar-refractivity contribution in [2.45, 2.75) is 39.2 Å². The van der Waals surface area contributed by atoms with Crippen LogP contribution in [-0.4, -0.2) is 76.4 Å². The average Bonchev–Trinajstić information content (AvgIpc) is 3.07. The van der Waals surface area contributed by atoms with Crippen molar-refractivity contribution in [2.24, 2.45) is 11.8 Å². The smallest absolute Gasteiger partial charge is 0.317 e. The first kappa shape index (κ1) is 19.2. The number of piperidine rings is 2. The molecule has 146 valence electrons. The molecule has 2 N–H and O–H groups in total. The van der Waals surface area contributed by atoms with Crippen LogP contribution in [0.4, 0.5) is 4.79 Å². The van der Waals surface area contributed by atoms with Crippen LogP contribution in [0.2, 0.25) is 0 Å². The summed E-state index contributed by atoms with van der Waals surface area (Å²) in [7, 11) is 0. The summed E-state index contributed by atoms with van der Waals surface area (Å²) in [5.41, 5.74) is 0. The van der Waals surface area contributed by atoms with Gasteiger partial charge in [-0.1, -0.05) is 0 Å². The van der Waals surface area contributed by atoms with Gasteiger partial charge in [-0.2, -0.15) is 0 Å². The van der Waals surface area contributed by atoms with Crippen molar-refractivity contribution >= 4 is 6.03 Å². The number of aliphatic hydroxyl groups is 1. The summed E-state index contributed by atoms with van der Waals surface area (Å²) in [5.74, 6) is 2.00. The van der Waals surface area contributed by atoms with Gasteiger partial charge in [-0.25, -0.2) is 9.78 Å². The van der Waals surface area contributed by atoms with Crippen LogP contribution in [0.15, 0.2) is 12.4 Å². The molecule has 2 aliphatic heterocycles. The number of rotatable bonds is 6. The average molecular weight is 364 g/mol. The first-order valence-corrected chi connectivity index (χ1v) is 9.99. The lowest BCUT2D eigenvalue weighted by molar-refractivity contribution is 0.130. The minimum atomic E-state index is 0.0716. The molecule has 2 amide bonds. The van der Waals surface area contributed by atoms with E-state index in [1.54, 1.807) is 0 Å². The highest BCUT2D eigenvalue weighted by Crippen LogP contribution is 2.19. The molecule has 1 aromatic heterocycles. The summed E-state index contributed by atoms with van der Waals surface area (Å²) >= 11 is 0. The second kappa shape index (κ2) is 9.37. The van der Waals surface area contributed by atoms with Crippen molar-refractivity contribution in [1.29, 1.82) is 0 Å². The zero-order chi connectivity index (χ0) is 18.4. The summed E-state index contributed by atoms with van der Waals surface area (Å²) in [4.78, 5) is 21.1. The number of hydrogen-bond acceptors (Lipinski definition) is 4. The monoisotopic (exact) mass is 363 g/mol. The molecule has 3 rings (SSSR count). The van der Waals surface area contributed by atoms with E-state index in [9.17, 15) is 9.90 Å². The Kier molecular flexibility index (Phi) is 6.91. The van der Waals surface area contributed by atoms with Crippen LogP contribution >= 0.6 is 0 Å². The van der Waals surface area contributed by atoms with Gasteiger partial charge in [-0.05, 0) is 57.5 Å². The number of aryl methyl sites for hydroxylation is 1. The Morgan fingerprint density at radius 3 is 2.77 bits per heavy atom. The number of imidazole rings is 1. The maximum absolute atomic E-state index is 12.5. The zero-order valence-corrected chi connectivity index (χ0v) is 15.9. The lowest BCUT2D eigenvalue weighted by Gasteiger charge is -2.34. The van der Waals surface area contributed by atoms with Gasteiger partial charge in [-0.15, -0.1) is 0 Å². The fraction of sp³-hybridized carbons (Fsp3) is 0.789. The molecule has 1 aromatic rings. The van der Waals surface area contributed by atoms with Crippen molar-refractivity contribution in [2.75, 3.05) is 45.9 Å². The summed E-state index contributed by atoms with van der Waals surface area (Å²) in [6.45, 7) is 8.60. The summed E-state index contributed by atoms with van der Waals surface area (Å²) in [6.07, 6.45) is 8.22. The van der Waals surface area contributed by atoms with E-state index in [1.165, 1.54) is 6.42 Å². The molecule has 2 saturated heterocycles. The third-order valence-electron chi connectivity index (χ3n) is 5.85. The molecule has 0 radical (unpaired) electrons. The van der Waals surface area contributed by atoms with Crippen LogP contribution in [-0.2, 0) is 6.54 Å². The maximum Gasteiger partial charge on any atom is 0.317 e. The Hall–Kier alpha value is -1.60. The topological polar surface area (TPSA) is 73.6 Å². The highest BCUT2D eigenvalue weighted by molar-refractivity contribution is 5.74. The predicted molar refractivity (Wildman–Crippen MR) is 101 cm³/mol. The van der Waals surface area contributed by atoms with Gasteiger partial charge in [0.25, 0.3) is 0 Å². The van der Waals surface area contributed by atoms with E-state index in [2.05, 4.69) is 19.8 Å². The zero-order valence-electron chi connectivity index (χ0n) is 15.9.